The van der Waals surface area contributed by atoms with Crippen LogP contribution in [0.4, 0.5) is 5.69 Å². The maximum Gasteiger partial charge on any atom is 0.101 e. The molecule has 58 valence electrons. The number of nitrogens with zero attached hydrogens (tertiary/aromatic N) is 2. The van der Waals surface area contributed by atoms with E-state index in [9.17, 15) is 0 Å². The van der Waals surface area contributed by atoms with Crippen LogP contribution in [0, 0.1) is 6.92 Å². The third kappa shape index (κ3) is 1.94. The molecular formula is C7H9N3S. The Hall–Kier alpha value is -1.03. The minimum absolute atomic E-state index is 0.704. The molecule has 11 heavy (non-hydrogen) atoms. The van der Waals surface area contributed by atoms with Crippen molar-refractivity contribution in [3.63, 3.8) is 0 Å². The maximum absolute atomic E-state index is 4.90. The molecule has 0 amide bonds. The zero-order valence-corrected chi connectivity index (χ0v) is 7.05. The quantitative estimate of drug-likeness (QED) is 0.286. The molecule has 1 aromatic carbocycles. The summed E-state index contributed by atoms with van der Waals surface area (Å²) in [5.41, 5.74) is 1.82. The first-order valence-electron chi connectivity index (χ1n) is 3.14. The minimum atomic E-state index is 0.704. The SMILES string of the molecule is Cc1ccc(S)c(N=NN)c1. The van der Waals surface area contributed by atoms with Crippen LogP contribution >= 0.6 is 12.6 Å². The van der Waals surface area contributed by atoms with Crippen molar-refractivity contribution in [2.24, 2.45) is 16.2 Å². The second-order valence-corrected chi connectivity index (χ2v) is 2.69. The number of hydrogen-bond donors (Lipinski definition) is 2. The summed E-state index contributed by atoms with van der Waals surface area (Å²) < 4.78 is 0. The molecule has 0 atom stereocenters. The topological polar surface area (TPSA) is 50.7 Å². The number of benzene rings is 1. The molecule has 0 spiro atoms. The normalized spacial score (nSPS) is 10.7. The van der Waals surface area contributed by atoms with Gasteiger partial charge in [-0.1, -0.05) is 11.3 Å². The Morgan fingerprint density at radius 2 is 2.18 bits per heavy atom. The highest BCUT2D eigenvalue weighted by atomic mass is 32.1. The lowest BCUT2D eigenvalue weighted by molar-refractivity contribution is 1.05. The highest BCUT2D eigenvalue weighted by Crippen LogP contribution is 2.23. The Morgan fingerprint density at radius 1 is 1.45 bits per heavy atom. The molecule has 2 N–H and O–H groups in total. The summed E-state index contributed by atoms with van der Waals surface area (Å²) >= 11 is 4.17. The zero-order chi connectivity index (χ0) is 8.27. The van der Waals surface area contributed by atoms with Crippen molar-refractivity contribution >= 4 is 18.3 Å². The lowest BCUT2D eigenvalue weighted by Gasteiger charge is -1.97. The Bertz CT molecular complexity index is 283. The van der Waals surface area contributed by atoms with Crippen LogP contribution in [-0.4, -0.2) is 0 Å². The van der Waals surface area contributed by atoms with E-state index in [0.717, 1.165) is 10.5 Å². The second kappa shape index (κ2) is 3.39. The lowest BCUT2D eigenvalue weighted by atomic mass is 10.2. The Morgan fingerprint density at radius 3 is 2.82 bits per heavy atom. The average Bonchev–Trinajstić information content (AvgIpc) is 1.98. The molecular weight excluding hydrogens is 158 g/mol. The fourth-order valence-corrected chi connectivity index (χ4v) is 0.960. The second-order valence-electron chi connectivity index (χ2n) is 2.21. The fraction of sp³-hybridized carbons (Fsp3) is 0.143. The van der Waals surface area contributed by atoms with Crippen molar-refractivity contribution in [3.05, 3.63) is 23.8 Å². The monoisotopic (exact) mass is 167 g/mol. The first-order chi connectivity index (χ1) is 5.24. The number of aryl methyl sites for hydroxylation is 1. The Kier molecular flexibility index (Phi) is 2.48. The molecule has 4 heteroatoms. The molecule has 0 bridgehead atoms. The van der Waals surface area contributed by atoms with Gasteiger partial charge in [-0.05, 0) is 24.6 Å². The van der Waals surface area contributed by atoms with Crippen LogP contribution in [0.3, 0.4) is 0 Å². The average molecular weight is 167 g/mol. The third-order valence-corrected chi connectivity index (χ3v) is 1.67. The van der Waals surface area contributed by atoms with Crippen molar-refractivity contribution < 1.29 is 0 Å². The van der Waals surface area contributed by atoms with E-state index in [1.165, 1.54) is 0 Å². The van der Waals surface area contributed by atoms with Gasteiger partial charge in [0.15, 0.2) is 0 Å². The molecule has 0 aliphatic heterocycles. The molecule has 0 saturated carbocycles. The van der Waals surface area contributed by atoms with E-state index < -0.39 is 0 Å². The predicted molar refractivity (Wildman–Crippen MR) is 47.1 cm³/mol. The van der Waals surface area contributed by atoms with Gasteiger partial charge in [-0.3, -0.25) is 0 Å². The van der Waals surface area contributed by atoms with Crippen LogP contribution in [0.5, 0.6) is 0 Å². The van der Waals surface area contributed by atoms with Gasteiger partial charge >= 0.3 is 0 Å². The van der Waals surface area contributed by atoms with Gasteiger partial charge in [0.2, 0.25) is 0 Å². The van der Waals surface area contributed by atoms with E-state index in [-0.39, 0.29) is 0 Å². The van der Waals surface area contributed by atoms with Crippen LogP contribution in [0.15, 0.2) is 33.4 Å². The van der Waals surface area contributed by atoms with Crippen molar-refractivity contribution in [1.29, 1.82) is 0 Å². The molecule has 0 aromatic heterocycles. The van der Waals surface area contributed by atoms with Gasteiger partial charge < -0.3 is 5.84 Å². The standard InChI is InChI=1S/C7H9N3S/c1-5-2-3-7(11)6(4-5)9-10-8/h2-4,11H,1H3,(H2,8,9). The third-order valence-electron chi connectivity index (χ3n) is 1.30. The van der Waals surface area contributed by atoms with Gasteiger partial charge in [0.1, 0.15) is 5.69 Å². The van der Waals surface area contributed by atoms with Crippen LogP contribution in [-0.2, 0) is 0 Å². The van der Waals surface area contributed by atoms with Crippen LogP contribution in [0.25, 0.3) is 0 Å². The van der Waals surface area contributed by atoms with Crippen LogP contribution in [0.2, 0.25) is 0 Å². The molecule has 0 aliphatic carbocycles. The smallest absolute Gasteiger partial charge is 0.101 e. The Labute approximate surface area is 70.7 Å². The van der Waals surface area contributed by atoms with E-state index in [4.69, 9.17) is 5.84 Å². The molecule has 1 aromatic rings. The maximum atomic E-state index is 4.90. The van der Waals surface area contributed by atoms with Crippen LogP contribution < -0.4 is 5.84 Å². The van der Waals surface area contributed by atoms with E-state index in [1.54, 1.807) is 0 Å². The Balaban J connectivity index is 3.12. The van der Waals surface area contributed by atoms with E-state index in [2.05, 4.69) is 23.0 Å². The molecule has 0 fully saturated rings. The summed E-state index contributed by atoms with van der Waals surface area (Å²) in [5.74, 6) is 4.90. The van der Waals surface area contributed by atoms with Crippen molar-refractivity contribution in [3.8, 4) is 0 Å². The minimum Gasteiger partial charge on any atom is -0.305 e. The summed E-state index contributed by atoms with van der Waals surface area (Å²) in [4.78, 5) is 0.782. The molecule has 1 rings (SSSR count). The number of thiol groups is 1. The first-order valence-corrected chi connectivity index (χ1v) is 3.59. The van der Waals surface area contributed by atoms with Gasteiger partial charge in [0.05, 0.1) is 0 Å². The van der Waals surface area contributed by atoms with Crippen LogP contribution in [0.1, 0.15) is 5.56 Å². The number of hydrogen-bond acceptors (Lipinski definition) is 3. The molecule has 0 heterocycles. The number of nitrogens with two attached hydrogens (primary N) is 1. The van der Waals surface area contributed by atoms with Gasteiger partial charge in [-0.15, -0.1) is 17.7 Å². The van der Waals surface area contributed by atoms with Crippen molar-refractivity contribution in [2.45, 2.75) is 11.8 Å². The van der Waals surface area contributed by atoms with Crippen molar-refractivity contribution in [1.82, 2.24) is 0 Å². The van der Waals surface area contributed by atoms with Gasteiger partial charge in [-0.2, -0.15) is 0 Å². The van der Waals surface area contributed by atoms with E-state index >= 15 is 0 Å². The molecule has 0 unspecified atom stereocenters. The van der Waals surface area contributed by atoms with Gasteiger partial charge in [0, 0.05) is 4.90 Å². The lowest BCUT2D eigenvalue weighted by Crippen LogP contribution is -1.77. The molecule has 0 saturated heterocycles. The largest absolute Gasteiger partial charge is 0.305 e. The highest BCUT2D eigenvalue weighted by Gasteiger charge is 1.95. The summed E-state index contributed by atoms with van der Waals surface area (Å²) in [6, 6.07) is 5.69. The number of rotatable bonds is 1. The summed E-state index contributed by atoms with van der Waals surface area (Å²) in [5, 5.41) is 6.88. The molecule has 0 aliphatic rings. The van der Waals surface area contributed by atoms with E-state index in [0.29, 0.717) is 5.69 Å². The first kappa shape index (κ1) is 8.07. The molecule has 0 radical (unpaired) electrons. The highest BCUT2D eigenvalue weighted by molar-refractivity contribution is 7.80. The fourth-order valence-electron chi connectivity index (χ4n) is 0.776. The predicted octanol–water partition coefficient (Wildman–Crippen LogP) is 2.24. The van der Waals surface area contributed by atoms with E-state index in [1.807, 2.05) is 25.1 Å². The molecule has 3 nitrogen and oxygen atoms in total. The summed E-state index contributed by atoms with van der Waals surface area (Å²) in [6.07, 6.45) is 0. The van der Waals surface area contributed by atoms with Gasteiger partial charge in [-0.25, -0.2) is 0 Å². The van der Waals surface area contributed by atoms with Gasteiger partial charge in [0.25, 0.3) is 0 Å². The summed E-state index contributed by atoms with van der Waals surface area (Å²) in [6.45, 7) is 1.97. The van der Waals surface area contributed by atoms with Crippen molar-refractivity contribution in [2.75, 3.05) is 0 Å². The zero-order valence-electron chi connectivity index (χ0n) is 6.15. The summed E-state index contributed by atoms with van der Waals surface area (Å²) in [7, 11) is 0.